The van der Waals surface area contributed by atoms with E-state index in [2.05, 4.69) is 29.4 Å². The number of hydrogen-bond donors (Lipinski definition) is 1. The molecule has 17 heavy (non-hydrogen) atoms. The first-order valence-electron chi connectivity index (χ1n) is 7.03. The largest absolute Gasteiger partial charge is 0.314 e. The highest BCUT2D eigenvalue weighted by molar-refractivity contribution is 5.05. The third-order valence-corrected chi connectivity index (χ3v) is 3.76. The fourth-order valence-electron chi connectivity index (χ4n) is 2.84. The summed E-state index contributed by atoms with van der Waals surface area (Å²) >= 11 is 0. The van der Waals surface area contributed by atoms with Crippen LogP contribution >= 0.6 is 0 Å². The van der Waals surface area contributed by atoms with E-state index in [0.717, 1.165) is 18.9 Å². The number of pyridine rings is 1. The Hall–Kier alpha value is -0.890. The summed E-state index contributed by atoms with van der Waals surface area (Å²) in [6.07, 6.45) is 9.76. The molecular weight excluding hydrogens is 208 g/mol. The van der Waals surface area contributed by atoms with E-state index in [-0.39, 0.29) is 0 Å². The van der Waals surface area contributed by atoms with Gasteiger partial charge in [-0.15, -0.1) is 0 Å². The Balaban J connectivity index is 1.92. The summed E-state index contributed by atoms with van der Waals surface area (Å²) in [5.41, 5.74) is 1.25. The second kappa shape index (κ2) is 6.75. The molecule has 0 bridgehead atoms. The van der Waals surface area contributed by atoms with Crippen LogP contribution in [0, 0.1) is 5.92 Å². The molecule has 0 spiro atoms. The van der Waals surface area contributed by atoms with Gasteiger partial charge in [0.1, 0.15) is 0 Å². The van der Waals surface area contributed by atoms with Crippen LogP contribution in [0.25, 0.3) is 0 Å². The molecular formula is C15H24N2. The Bertz CT molecular complexity index is 310. The molecule has 2 rings (SSSR count). The Morgan fingerprint density at radius 3 is 2.94 bits per heavy atom. The summed E-state index contributed by atoms with van der Waals surface area (Å²) in [4.78, 5) is 4.46. The van der Waals surface area contributed by atoms with Crippen molar-refractivity contribution in [2.24, 2.45) is 5.92 Å². The second-order valence-corrected chi connectivity index (χ2v) is 5.13. The van der Waals surface area contributed by atoms with E-state index in [9.17, 15) is 0 Å². The predicted octanol–water partition coefficient (Wildman–Crippen LogP) is 3.18. The lowest BCUT2D eigenvalue weighted by atomic mass is 9.81. The van der Waals surface area contributed by atoms with Crippen molar-refractivity contribution in [3.05, 3.63) is 30.1 Å². The summed E-state index contributed by atoms with van der Waals surface area (Å²) in [5, 5.41) is 3.71. The summed E-state index contributed by atoms with van der Waals surface area (Å²) in [7, 11) is 0. The molecule has 0 radical (unpaired) electrons. The molecule has 1 aliphatic rings. The Kier molecular flexibility index (Phi) is 4.99. The summed E-state index contributed by atoms with van der Waals surface area (Å²) in [6, 6.07) is 6.97. The van der Waals surface area contributed by atoms with Crippen molar-refractivity contribution >= 4 is 0 Å². The van der Waals surface area contributed by atoms with E-state index in [0.29, 0.717) is 6.04 Å². The maximum Gasteiger partial charge on any atom is 0.0406 e. The zero-order valence-electron chi connectivity index (χ0n) is 10.9. The van der Waals surface area contributed by atoms with E-state index in [1.165, 1.54) is 37.8 Å². The van der Waals surface area contributed by atoms with Crippen molar-refractivity contribution in [1.29, 1.82) is 0 Å². The highest BCUT2D eigenvalue weighted by Gasteiger charge is 2.24. The van der Waals surface area contributed by atoms with Gasteiger partial charge in [0.25, 0.3) is 0 Å². The molecule has 2 unspecified atom stereocenters. The van der Waals surface area contributed by atoms with Gasteiger partial charge in [0.2, 0.25) is 0 Å². The van der Waals surface area contributed by atoms with Crippen molar-refractivity contribution in [2.45, 2.75) is 51.5 Å². The molecule has 1 aliphatic carbocycles. The van der Waals surface area contributed by atoms with Gasteiger partial charge in [0, 0.05) is 17.9 Å². The first kappa shape index (κ1) is 12.6. The van der Waals surface area contributed by atoms with Crippen molar-refractivity contribution in [1.82, 2.24) is 10.3 Å². The molecule has 0 amide bonds. The SMILES string of the molecule is CCCNC1CCCCC1Cc1ccccn1. The van der Waals surface area contributed by atoms with Crippen molar-refractivity contribution in [2.75, 3.05) is 6.54 Å². The first-order chi connectivity index (χ1) is 8.40. The molecule has 94 valence electrons. The monoisotopic (exact) mass is 232 g/mol. The lowest BCUT2D eigenvalue weighted by Gasteiger charge is -2.32. The fourth-order valence-corrected chi connectivity index (χ4v) is 2.84. The van der Waals surface area contributed by atoms with Crippen LogP contribution in [0.5, 0.6) is 0 Å². The minimum atomic E-state index is 0.714. The second-order valence-electron chi connectivity index (χ2n) is 5.13. The molecule has 2 nitrogen and oxygen atoms in total. The quantitative estimate of drug-likeness (QED) is 0.843. The average molecular weight is 232 g/mol. The molecule has 1 heterocycles. The molecule has 2 heteroatoms. The van der Waals surface area contributed by atoms with Crippen LogP contribution in [-0.4, -0.2) is 17.6 Å². The molecule has 1 aromatic heterocycles. The predicted molar refractivity (Wildman–Crippen MR) is 72.0 cm³/mol. The minimum absolute atomic E-state index is 0.714. The van der Waals surface area contributed by atoms with Crippen LogP contribution in [0.2, 0.25) is 0 Å². The zero-order chi connectivity index (χ0) is 11.9. The molecule has 2 atom stereocenters. The number of nitrogens with zero attached hydrogens (tertiary/aromatic N) is 1. The van der Waals surface area contributed by atoms with Crippen LogP contribution in [0.15, 0.2) is 24.4 Å². The summed E-state index contributed by atoms with van der Waals surface area (Å²) in [5.74, 6) is 0.783. The normalized spacial score (nSPS) is 24.8. The highest BCUT2D eigenvalue weighted by Crippen LogP contribution is 2.27. The van der Waals surface area contributed by atoms with Gasteiger partial charge < -0.3 is 5.32 Å². The molecule has 1 saturated carbocycles. The van der Waals surface area contributed by atoms with E-state index < -0.39 is 0 Å². The minimum Gasteiger partial charge on any atom is -0.314 e. The lowest BCUT2D eigenvalue weighted by molar-refractivity contribution is 0.260. The van der Waals surface area contributed by atoms with Crippen molar-refractivity contribution in [3.8, 4) is 0 Å². The molecule has 1 fully saturated rings. The van der Waals surface area contributed by atoms with Gasteiger partial charge in [-0.1, -0.05) is 25.8 Å². The third kappa shape index (κ3) is 3.81. The lowest BCUT2D eigenvalue weighted by Crippen LogP contribution is -2.39. The van der Waals surface area contributed by atoms with E-state index in [1.807, 2.05) is 12.3 Å². The van der Waals surface area contributed by atoms with Crippen LogP contribution in [0.1, 0.15) is 44.7 Å². The number of aromatic nitrogens is 1. The third-order valence-electron chi connectivity index (χ3n) is 3.76. The number of hydrogen-bond acceptors (Lipinski definition) is 2. The van der Waals surface area contributed by atoms with Gasteiger partial charge in [-0.05, 0) is 50.3 Å². The van der Waals surface area contributed by atoms with Crippen molar-refractivity contribution < 1.29 is 0 Å². The van der Waals surface area contributed by atoms with E-state index in [1.54, 1.807) is 0 Å². The summed E-state index contributed by atoms with van der Waals surface area (Å²) < 4.78 is 0. The highest BCUT2D eigenvalue weighted by atomic mass is 14.9. The van der Waals surface area contributed by atoms with Gasteiger partial charge in [0.05, 0.1) is 0 Å². The van der Waals surface area contributed by atoms with E-state index in [4.69, 9.17) is 0 Å². The van der Waals surface area contributed by atoms with E-state index >= 15 is 0 Å². The molecule has 1 aromatic rings. The van der Waals surface area contributed by atoms with Crippen LogP contribution in [-0.2, 0) is 6.42 Å². The number of nitrogens with one attached hydrogen (secondary N) is 1. The zero-order valence-corrected chi connectivity index (χ0v) is 10.9. The fraction of sp³-hybridized carbons (Fsp3) is 0.667. The van der Waals surface area contributed by atoms with Crippen molar-refractivity contribution in [3.63, 3.8) is 0 Å². The molecule has 0 aromatic carbocycles. The Morgan fingerprint density at radius 1 is 1.29 bits per heavy atom. The van der Waals surface area contributed by atoms with Gasteiger partial charge >= 0.3 is 0 Å². The van der Waals surface area contributed by atoms with Crippen LogP contribution in [0.4, 0.5) is 0 Å². The molecule has 0 saturated heterocycles. The van der Waals surface area contributed by atoms with Gasteiger partial charge in [-0.3, -0.25) is 4.98 Å². The molecule has 1 N–H and O–H groups in total. The van der Waals surface area contributed by atoms with Gasteiger partial charge in [0.15, 0.2) is 0 Å². The average Bonchev–Trinajstić information content (AvgIpc) is 2.39. The smallest absolute Gasteiger partial charge is 0.0406 e. The summed E-state index contributed by atoms with van der Waals surface area (Å²) in [6.45, 7) is 3.40. The number of rotatable bonds is 5. The van der Waals surface area contributed by atoms with Gasteiger partial charge in [-0.25, -0.2) is 0 Å². The molecule has 0 aliphatic heterocycles. The maximum atomic E-state index is 4.46. The van der Waals surface area contributed by atoms with Crippen LogP contribution in [0.3, 0.4) is 0 Å². The standard InChI is InChI=1S/C15H24N2/c1-2-10-17-15-9-4-3-7-13(15)12-14-8-5-6-11-16-14/h5-6,8,11,13,15,17H,2-4,7,9-10,12H2,1H3. The first-order valence-corrected chi connectivity index (χ1v) is 7.03. The van der Waals surface area contributed by atoms with Crippen LogP contribution < -0.4 is 5.32 Å². The Morgan fingerprint density at radius 2 is 2.18 bits per heavy atom. The van der Waals surface area contributed by atoms with Gasteiger partial charge in [-0.2, -0.15) is 0 Å². The Labute approximate surface area is 105 Å². The maximum absolute atomic E-state index is 4.46. The topological polar surface area (TPSA) is 24.9 Å².